The number of methoxy groups -OCH3 is 1. The minimum absolute atomic E-state index is 0.473. The highest BCUT2D eigenvalue weighted by molar-refractivity contribution is 6.66. The van der Waals surface area contributed by atoms with Gasteiger partial charge >= 0.3 is 0 Å². The van der Waals surface area contributed by atoms with Gasteiger partial charge in [-0.3, -0.25) is 4.79 Å². The van der Waals surface area contributed by atoms with E-state index in [1.807, 2.05) is 30.3 Å². The molecule has 1 rings (SSSR count). The van der Waals surface area contributed by atoms with Crippen molar-refractivity contribution in [1.29, 1.82) is 0 Å². The lowest BCUT2D eigenvalue weighted by Gasteiger charge is -2.03. The van der Waals surface area contributed by atoms with E-state index in [4.69, 9.17) is 16.3 Å². The lowest BCUT2D eigenvalue weighted by molar-refractivity contribution is -0.107. The van der Waals surface area contributed by atoms with Crippen molar-refractivity contribution in [3.63, 3.8) is 0 Å². The molecule has 0 amide bonds. The molecule has 0 bridgehead atoms. The number of carbonyl (C=O) groups is 1. The summed E-state index contributed by atoms with van der Waals surface area (Å²) in [6, 6.07) is 9.30. The molecular weight excluding hydrogens is 188 g/mol. The Labute approximate surface area is 81.8 Å². The van der Waals surface area contributed by atoms with E-state index in [2.05, 4.69) is 0 Å². The number of hydrogen-bond acceptors (Lipinski definition) is 2. The SMILES string of the molecule is CO/C(=C\C(=O)Cl)c1ccccc1. The van der Waals surface area contributed by atoms with Crippen molar-refractivity contribution in [2.24, 2.45) is 0 Å². The average molecular weight is 197 g/mol. The van der Waals surface area contributed by atoms with Gasteiger partial charge in [0.25, 0.3) is 0 Å². The zero-order chi connectivity index (χ0) is 9.68. The average Bonchev–Trinajstić information content (AvgIpc) is 2.15. The first kappa shape index (κ1) is 9.81. The summed E-state index contributed by atoms with van der Waals surface area (Å²) in [6.45, 7) is 0. The van der Waals surface area contributed by atoms with Crippen LogP contribution in [0.15, 0.2) is 36.4 Å². The van der Waals surface area contributed by atoms with Gasteiger partial charge in [-0.2, -0.15) is 0 Å². The third-order valence-electron chi connectivity index (χ3n) is 1.52. The van der Waals surface area contributed by atoms with Crippen LogP contribution in [-0.2, 0) is 9.53 Å². The number of ether oxygens (including phenoxy) is 1. The third-order valence-corrected chi connectivity index (χ3v) is 1.63. The maximum Gasteiger partial charge on any atom is 0.248 e. The van der Waals surface area contributed by atoms with Crippen LogP contribution in [0.1, 0.15) is 5.56 Å². The Hall–Kier alpha value is -1.28. The molecule has 0 atom stereocenters. The lowest BCUT2D eigenvalue weighted by Crippen LogP contribution is -1.89. The molecule has 0 aliphatic rings. The predicted octanol–water partition coefficient (Wildman–Crippen LogP) is 2.44. The molecule has 3 heteroatoms. The minimum Gasteiger partial charge on any atom is -0.496 e. The van der Waals surface area contributed by atoms with Gasteiger partial charge in [0.2, 0.25) is 5.24 Å². The zero-order valence-corrected chi connectivity index (χ0v) is 7.91. The monoisotopic (exact) mass is 196 g/mol. The van der Waals surface area contributed by atoms with Crippen molar-refractivity contribution in [2.75, 3.05) is 7.11 Å². The lowest BCUT2D eigenvalue weighted by atomic mass is 10.2. The van der Waals surface area contributed by atoms with Crippen LogP contribution in [0.4, 0.5) is 0 Å². The van der Waals surface area contributed by atoms with E-state index >= 15 is 0 Å². The molecule has 0 saturated heterocycles. The van der Waals surface area contributed by atoms with Gasteiger partial charge < -0.3 is 4.74 Å². The molecule has 0 aliphatic carbocycles. The number of carbonyl (C=O) groups excluding carboxylic acids is 1. The molecule has 0 radical (unpaired) electrons. The number of benzene rings is 1. The highest BCUT2D eigenvalue weighted by atomic mass is 35.5. The second-order valence-electron chi connectivity index (χ2n) is 2.38. The van der Waals surface area contributed by atoms with Crippen LogP contribution in [-0.4, -0.2) is 12.4 Å². The highest BCUT2D eigenvalue weighted by Crippen LogP contribution is 2.14. The van der Waals surface area contributed by atoms with Crippen LogP contribution in [0.3, 0.4) is 0 Å². The molecule has 0 spiro atoms. The normalized spacial score (nSPS) is 11.1. The van der Waals surface area contributed by atoms with E-state index in [-0.39, 0.29) is 0 Å². The van der Waals surface area contributed by atoms with Crippen LogP contribution in [0, 0.1) is 0 Å². The Balaban J connectivity index is 2.98. The van der Waals surface area contributed by atoms with E-state index in [0.717, 1.165) is 5.56 Å². The van der Waals surface area contributed by atoms with Crippen molar-refractivity contribution < 1.29 is 9.53 Å². The molecule has 1 aromatic carbocycles. The fraction of sp³-hybridized carbons (Fsp3) is 0.100. The number of allylic oxidation sites excluding steroid dienone is 1. The minimum atomic E-state index is -0.541. The van der Waals surface area contributed by atoms with Crippen LogP contribution in [0.5, 0.6) is 0 Å². The standard InChI is InChI=1S/C10H9ClO2/c1-13-9(7-10(11)12)8-5-3-2-4-6-8/h2-7H,1H3/b9-7-. The topological polar surface area (TPSA) is 26.3 Å². The molecule has 2 nitrogen and oxygen atoms in total. The Bertz CT molecular complexity index is 317. The van der Waals surface area contributed by atoms with E-state index in [9.17, 15) is 4.79 Å². The van der Waals surface area contributed by atoms with Gasteiger partial charge in [0, 0.05) is 11.6 Å². The quantitative estimate of drug-likeness (QED) is 0.422. The summed E-state index contributed by atoms with van der Waals surface area (Å²) in [5.41, 5.74) is 0.832. The molecule has 0 unspecified atom stereocenters. The second kappa shape index (κ2) is 4.67. The van der Waals surface area contributed by atoms with E-state index < -0.39 is 5.24 Å². The van der Waals surface area contributed by atoms with Gasteiger partial charge in [-0.25, -0.2) is 0 Å². The van der Waals surface area contributed by atoms with E-state index in [1.54, 1.807) is 0 Å². The van der Waals surface area contributed by atoms with Crippen LogP contribution < -0.4 is 0 Å². The smallest absolute Gasteiger partial charge is 0.248 e. The second-order valence-corrected chi connectivity index (χ2v) is 2.76. The first-order valence-electron chi connectivity index (χ1n) is 3.74. The molecule has 13 heavy (non-hydrogen) atoms. The molecule has 0 N–H and O–H groups in total. The van der Waals surface area contributed by atoms with Gasteiger partial charge in [0.05, 0.1) is 7.11 Å². The Kier molecular flexibility index (Phi) is 3.53. The van der Waals surface area contributed by atoms with Gasteiger partial charge in [0.1, 0.15) is 5.76 Å². The maximum absolute atomic E-state index is 10.6. The summed E-state index contributed by atoms with van der Waals surface area (Å²) in [6.07, 6.45) is 1.25. The van der Waals surface area contributed by atoms with Crippen molar-refractivity contribution in [3.8, 4) is 0 Å². The highest BCUT2D eigenvalue weighted by Gasteiger charge is 2.01. The first-order chi connectivity index (χ1) is 6.24. The number of halogens is 1. The summed E-state index contributed by atoms with van der Waals surface area (Å²) in [5.74, 6) is 0.473. The molecule has 0 aliphatic heterocycles. The molecule has 1 aromatic rings. The van der Waals surface area contributed by atoms with Crippen molar-refractivity contribution in [2.45, 2.75) is 0 Å². The number of rotatable bonds is 3. The van der Waals surface area contributed by atoms with Crippen molar-refractivity contribution >= 4 is 22.6 Å². The zero-order valence-electron chi connectivity index (χ0n) is 7.16. The molecule has 0 heterocycles. The summed E-state index contributed by atoms with van der Waals surface area (Å²) >= 11 is 5.21. The molecular formula is C10H9ClO2. The summed E-state index contributed by atoms with van der Waals surface area (Å²) in [7, 11) is 1.50. The van der Waals surface area contributed by atoms with Gasteiger partial charge in [-0.05, 0) is 11.6 Å². The van der Waals surface area contributed by atoms with Crippen LogP contribution in [0.25, 0.3) is 5.76 Å². The van der Waals surface area contributed by atoms with Crippen molar-refractivity contribution in [1.82, 2.24) is 0 Å². The van der Waals surface area contributed by atoms with Crippen LogP contribution >= 0.6 is 11.6 Å². The molecule has 0 saturated carbocycles. The summed E-state index contributed by atoms with van der Waals surface area (Å²) < 4.78 is 5.00. The fourth-order valence-electron chi connectivity index (χ4n) is 0.966. The Morgan fingerprint density at radius 2 is 2.00 bits per heavy atom. The Morgan fingerprint density at radius 1 is 1.38 bits per heavy atom. The predicted molar refractivity (Wildman–Crippen MR) is 52.3 cm³/mol. The van der Waals surface area contributed by atoms with Crippen molar-refractivity contribution in [3.05, 3.63) is 42.0 Å². The summed E-state index contributed by atoms with van der Waals surface area (Å²) in [4.78, 5) is 10.6. The van der Waals surface area contributed by atoms with Crippen LogP contribution in [0.2, 0.25) is 0 Å². The number of hydrogen-bond donors (Lipinski definition) is 0. The molecule has 68 valence electrons. The van der Waals surface area contributed by atoms with E-state index in [1.165, 1.54) is 13.2 Å². The van der Waals surface area contributed by atoms with Gasteiger partial charge in [-0.1, -0.05) is 30.3 Å². The molecule has 0 aromatic heterocycles. The van der Waals surface area contributed by atoms with E-state index in [0.29, 0.717) is 5.76 Å². The fourth-order valence-corrected chi connectivity index (χ4v) is 1.06. The molecule has 0 fully saturated rings. The third kappa shape index (κ3) is 2.92. The maximum atomic E-state index is 10.6. The van der Waals surface area contributed by atoms with Gasteiger partial charge in [0.15, 0.2) is 0 Å². The Morgan fingerprint density at radius 3 is 2.46 bits per heavy atom. The van der Waals surface area contributed by atoms with Gasteiger partial charge in [-0.15, -0.1) is 0 Å². The first-order valence-corrected chi connectivity index (χ1v) is 4.12. The summed E-state index contributed by atoms with van der Waals surface area (Å²) in [5, 5.41) is -0.541. The largest absolute Gasteiger partial charge is 0.496 e.